The summed E-state index contributed by atoms with van der Waals surface area (Å²) in [7, 11) is 0. The van der Waals surface area contributed by atoms with Crippen LogP contribution >= 0.6 is 11.3 Å². The van der Waals surface area contributed by atoms with Crippen molar-refractivity contribution in [2.45, 2.75) is 25.7 Å². The van der Waals surface area contributed by atoms with Crippen LogP contribution in [0.25, 0.3) is 0 Å². The maximum Gasteiger partial charge on any atom is 0.239 e. The van der Waals surface area contributed by atoms with Crippen molar-refractivity contribution in [2.24, 2.45) is 5.73 Å². The molecular weight excluding hydrogens is 198 g/mol. The number of rotatable bonds is 2. The number of nitrogens with two attached hydrogens (primary N) is 1. The number of carbonyl (C=O) groups is 1. The zero-order chi connectivity index (χ0) is 9.97. The highest BCUT2D eigenvalue weighted by Gasteiger charge is 2.15. The summed E-state index contributed by atoms with van der Waals surface area (Å²) in [6.45, 7) is 0.0181. The van der Waals surface area contributed by atoms with Gasteiger partial charge in [-0.05, 0) is 25.7 Å². The van der Waals surface area contributed by atoms with Gasteiger partial charge in [-0.25, -0.2) is 4.98 Å². The number of fused-ring (bicyclic) bond motifs is 1. The minimum atomic E-state index is -0.170. The fourth-order valence-corrected chi connectivity index (χ4v) is 2.64. The fourth-order valence-electron chi connectivity index (χ4n) is 1.58. The Hall–Kier alpha value is -0.940. The summed E-state index contributed by atoms with van der Waals surface area (Å²) in [5.74, 6) is -0.170. The number of hydrogen-bond acceptors (Lipinski definition) is 4. The van der Waals surface area contributed by atoms with Crippen molar-refractivity contribution >= 4 is 22.4 Å². The molecule has 1 amide bonds. The van der Waals surface area contributed by atoms with E-state index in [0.717, 1.165) is 18.5 Å². The Balaban J connectivity index is 2.12. The minimum Gasteiger partial charge on any atom is -0.322 e. The number of aryl methyl sites for hydroxylation is 2. The van der Waals surface area contributed by atoms with E-state index in [1.165, 1.54) is 17.7 Å². The molecule has 14 heavy (non-hydrogen) atoms. The summed E-state index contributed by atoms with van der Waals surface area (Å²) < 4.78 is 0. The lowest BCUT2D eigenvalue weighted by Crippen LogP contribution is -2.21. The molecule has 0 saturated carbocycles. The van der Waals surface area contributed by atoms with E-state index in [4.69, 9.17) is 5.73 Å². The van der Waals surface area contributed by atoms with Gasteiger partial charge in [-0.2, -0.15) is 0 Å². The van der Waals surface area contributed by atoms with Crippen molar-refractivity contribution in [1.29, 1.82) is 0 Å². The van der Waals surface area contributed by atoms with Crippen LogP contribution in [-0.4, -0.2) is 17.4 Å². The van der Waals surface area contributed by atoms with Gasteiger partial charge < -0.3 is 11.1 Å². The zero-order valence-electron chi connectivity index (χ0n) is 7.88. The molecular formula is C9H13N3OS. The zero-order valence-corrected chi connectivity index (χ0v) is 8.69. The Morgan fingerprint density at radius 2 is 2.29 bits per heavy atom. The van der Waals surface area contributed by atoms with Crippen molar-refractivity contribution in [1.82, 2.24) is 4.98 Å². The SMILES string of the molecule is NCC(=O)Nc1nc2c(s1)CCCC2. The summed E-state index contributed by atoms with van der Waals surface area (Å²) in [4.78, 5) is 16.7. The van der Waals surface area contributed by atoms with Crippen LogP contribution in [0.2, 0.25) is 0 Å². The Morgan fingerprint density at radius 3 is 3.00 bits per heavy atom. The Bertz CT molecular complexity index is 324. The summed E-state index contributed by atoms with van der Waals surface area (Å²) >= 11 is 1.58. The van der Waals surface area contributed by atoms with Gasteiger partial charge in [-0.3, -0.25) is 4.79 Å². The highest BCUT2D eigenvalue weighted by Crippen LogP contribution is 2.29. The third-order valence-corrected chi connectivity index (χ3v) is 3.35. The van der Waals surface area contributed by atoms with Crippen LogP contribution in [-0.2, 0) is 17.6 Å². The van der Waals surface area contributed by atoms with Crippen molar-refractivity contribution in [3.63, 3.8) is 0 Å². The van der Waals surface area contributed by atoms with Crippen molar-refractivity contribution in [2.75, 3.05) is 11.9 Å². The number of amides is 1. The van der Waals surface area contributed by atoms with Gasteiger partial charge in [0.2, 0.25) is 5.91 Å². The molecule has 3 N–H and O–H groups in total. The van der Waals surface area contributed by atoms with Crippen LogP contribution in [0.15, 0.2) is 0 Å². The maximum absolute atomic E-state index is 11.0. The molecule has 0 fully saturated rings. The molecule has 1 aliphatic carbocycles. The summed E-state index contributed by atoms with van der Waals surface area (Å²) in [6, 6.07) is 0. The molecule has 0 spiro atoms. The first-order valence-electron chi connectivity index (χ1n) is 4.78. The van der Waals surface area contributed by atoms with Crippen molar-refractivity contribution in [3.05, 3.63) is 10.6 Å². The van der Waals surface area contributed by atoms with Gasteiger partial charge in [-0.15, -0.1) is 11.3 Å². The molecule has 5 heteroatoms. The molecule has 0 aliphatic heterocycles. The number of hydrogen-bond donors (Lipinski definition) is 2. The predicted molar refractivity (Wildman–Crippen MR) is 56.4 cm³/mol. The third-order valence-electron chi connectivity index (χ3n) is 2.28. The average Bonchev–Trinajstić information content (AvgIpc) is 2.59. The van der Waals surface area contributed by atoms with Gasteiger partial charge in [0.15, 0.2) is 5.13 Å². The predicted octanol–water partition coefficient (Wildman–Crippen LogP) is 0.919. The molecule has 4 nitrogen and oxygen atoms in total. The van der Waals surface area contributed by atoms with Gasteiger partial charge in [0.05, 0.1) is 12.2 Å². The van der Waals surface area contributed by atoms with Gasteiger partial charge in [0.25, 0.3) is 0 Å². The number of nitrogens with one attached hydrogen (secondary N) is 1. The molecule has 0 unspecified atom stereocenters. The van der Waals surface area contributed by atoms with E-state index in [9.17, 15) is 4.79 Å². The van der Waals surface area contributed by atoms with Crippen molar-refractivity contribution < 1.29 is 4.79 Å². The Labute approximate surface area is 86.5 Å². The first-order valence-corrected chi connectivity index (χ1v) is 5.59. The average molecular weight is 211 g/mol. The fraction of sp³-hybridized carbons (Fsp3) is 0.556. The molecule has 0 radical (unpaired) electrons. The van der Waals surface area contributed by atoms with E-state index in [1.807, 2.05) is 0 Å². The quantitative estimate of drug-likeness (QED) is 0.764. The molecule has 76 valence electrons. The topological polar surface area (TPSA) is 68.0 Å². The van der Waals surface area contributed by atoms with Crippen LogP contribution in [0.3, 0.4) is 0 Å². The monoisotopic (exact) mass is 211 g/mol. The standard InChI is InChI=1S/C9H13N3OS/c10-5-8(13)12-9-11-6-3-1-2-4-7(6)14-9/h1-5,10H2,(H,11,12,13). The molecule has 1 aromatic rings. The van der Waals surface area contributed by atoms with E-state index in [1.54, 1.807) is 11.3 Å². The Morgan fingerprint density at radius 1 is 1.50 bits per heavy atom. The second-order valence-electron chi connectivity index (χ2n) is 3.35. The summed E-state index contributed by atoms with van der Waals surface area (Å²) in [5.41, 5.74) is 6.37. The molecule has 2 rings (SSSR count). The van der Waals surface area contributed by atoms with Gasteiger partial charge in [0, 0.05) is 4.88 Å². The number of thiazole rings is 1. The van der Waals surface area contributed by atoms with Gasteiger partial charge >= 0.3 is 0 Å². The lowest BCUT2D eigenvalue weighted by molar-refractivity contribution is -0.114. The molecule has 0 aromatic carbocycles. The summed E-state index contributed by atoms with van der Waals surface area (Å²) in [6.07, 6.45) is 4.59. The first kappa shape index (κ1) is 9.61. The molecule has 1 aromatic heterocycles. The Kier molecular flexibility index (Phi) is 2.79. The number of nitrogens with zero attached hydrogens (tertiary/aromatic N) is 1. The van der Waals surface area contributed by atoms with Gasteiger partial charge in [-0.1, -0.05) is 0 Å². The van der Waals surface area contributed by atoms with E-state index >= 15 is 0 Å². The van der Waals surface area contributed by atoms with Crippen LogP contribution in [0.5, 0.6) is 0 Å². The largest absolute Gasteiger partial charge is 0.322 e. The van der Waals surface area contributed by atoms with Crippen LogP contribution in [0.4, 0.5) is 5.13 Å². The number of anilines is 1. The van der Waals surface area contributed by atoms with Gasteiger partial charge in [0.1, 0.15) is 0 Å². The van der Waals surface area contributed by atoms with E-state index in [0.29, 0.717) is 5.13 Å². The lowest BCUT2D eigenvalue weighted by Gasteiger charge is -2.06. The van der Waals surface area contributed by atoms with Crippen LogP contribution in [0.1, 0.15) is 23.4 Å². The molecule has 0 bridgehead atoms. The number of carbonyl (C=O) groups excluding carboxylic acids is 1. The van der Waals surface area contributed by atoms with E-state index in [2.05, 4.69) is 10.3 Å². The summed E-state index contributed by atoms with van der Waals surface area (Å²) in [5, 5.41) is 3.39. The first-order chi connectivity index (χ1) is 6.79. The lowest BCUT2D eigenvalue weighted by atomic mass is 10.0. The second kappa shape index (κ2) is 4.06. The molecule has 0 atom stereocenters. The van der Waals surface area contributed by atoms with E-state index < -0.39 is 0 Å². The van der Waals surface area contributed by atoms with E-state index in [-0.39, 0.29) is 12.5 Å². The van der Waals surface area contributed by atoms with Crippen LogP contribution in [0, 0.1) is 0 Å². The third kappa shape index (κ3) is 1.93. The van der Waals surface area contributed by atoms with Crippen LogP contribution < -0.4 is 11.1 Å². The normalized spacial score (nSPS) is 14.9. The second-order valence-corrected chi connectivity index (χ2v) is 4.43. The maximum atomic E-state index is 11.0. The highest BCUT2D eigenvalue weighted by molar-refractivity contribution is 7.15. The van der Waals surface area contributed by atoms with Crippen molar-refractivity contribution in [3.8, 4) is 0 Å². The number of aromatic nitrogens is 1. The molecule has 1 aliphatic rings. The molecule has 1 heterocycles. The highest BCUT2D eigenvalue weighted by atomic mass is 32.1. The smallest absolute Gasteiger partial charge is 0.239 e. The molecule has 0 saturated heterocycles. The minimum absolute atomic E-state index is 0.0181.